The molecule has 3 aromatic carbocycles. The van der Waals surface area contributed by atoms with Crippen LogP contribution < -0.4 is 9.47 Å². The van der Waals surface area contributed by atoms with E-state index in [-0.39, 0.29) is 18.1 Å². The van der Waals surface area contributed by atoms with E-state index in [1.165, 1.54) is 0 Å². The van der Waals surface area contributed by atoms with E-state index in [1.807, 2.05) is 36.4 Å². The lowest BCUT2D eigenvalue weighted by Gasteiger charge is -2.26. The second kappa shape index (κ2) is 10.2. The van der Waals surface area contributed by atoms with Gasteiger partial charge in [-0.3, -0.25) is 4.79 Å². The maximum Gasteiger partial charge on any atom is 0.303 e. The Kier molecular flexibility index (Phi) is 7.40. The Morgan fingerprint density at radius 3 is 2.10 bits per heavy atom. The smallest absolute Gasteiger partial charge is 0.303 e. The number of carbonyl (C=O) groups is 1. The molecule has 3 aromatic rings. The molecule has 2 N–H and O–H groups in total. The molecule has 3 rings (SSSR count). The molecule has 31 heavy (non-hydrogen) atoms. The van der Waals surface area contributed by atoms with Crippen LogP contribution in [0.4, 0.5) is 0 Å². The molecule has 0 aliphatic rings. The Bertz CT molecular complexity index is 1040. The molecule has 0 spiro atoms. The van der Waals surface area contributed by atoms with Crippen LogP contribution in [0.5, 0.6) is 17.2 Å². The number of unbranched alkanes of at least 4 members (excludes halogenated alkanes) is 2. The van der Waals surface area contributed by atoms with Crippen LogP contribution in [-0.4, -0.2) is 30.4 Å². The van der Waals surface area contributed by atoms with Crippen molar-refractivity contribution in [3.63, 3.8) is 0 Å². The minimum Gasteiger partial charge on any atom is -0.508 e. The fourth-order valence-electron chi connectivity index (χ4n) is 4.41. The van der Waals surface area contributed by atoms with Gasteiger partial charge in [0.15, 0.2) is 0 Å². The number of rotatable bonds is 10. The van der Waals surface area contributed by atoms with E-state index in [1.54, 1.807) is 26.4 Å². The van der Waals surface area contributed by atoms with Crippen molar-refractivity contribution < 1.29 is 24.5 Å². The topological polar surface area (TPSA) is 76.0 Å². The van der Waals surface area contributed by atoms with E-state index < -0.39 is 5.97 Å². The van der Waals surface area contributed by atoms with E-state index in [9.17, 15) is 9.90 Å². The molecular formula is C26H30O5. The van der Waals surface area contributed by atoms with E-state index in [2.05, 4.69) is 6.92 Å². The van der Waals surface area contributed by atoms with Crippen LogP contribution in [-0.2, 0) is 4.79 Å². The lowest BCUT2D eigenvalue weighted by Crippen LogP contribution is -2.08. The summed E-state index contributed by atoms with van der Waals surface area (Å²) < 4.78 is 11.8. The number of hydrogen-bond donors (Lipinski definition) is 2. The number of methoxy groups -OCH3 is 2. The molecule has 0 aliphatic heterocycles. The zero-order chi connectivity index (χ0) is 22.4. The van der Waals surface area contributed by atoms with Gasteiger partial charge < -0.3 is 19.7 Å². The minimum atomic E-state index is -0.758. The molecule has 0 bridgehead atoms. The summed E-state index contributed by atoms with van der Waals surface area (Å²) in [5.74, 6) is 1.16. The summed E-state index contributed by atoms with van der Waals surface area (Å²) in [6.45, 7) is 2.06. The van der Waals surface area contributed by atoms with E-state index in [4.69, 9.17) is 14.6 Å². The van der Waals surface area contributed by atoms with Crippen molar-refractivity contribution in [3.05, 3.63) is 65.2 Å². The fraction of sp³-hybridized carbons (Fsp3) is 0.346. The maximum atomic E-state index is 10.8. The van der Waals surface area contributed by atoms with Crippen molar-refractivity contribution in [2.24, 2.45) is 0 Å². The molecule has 0 aliphatic carbocycles. The average molecular weight is 423 g/mol. The third-order valence-corrected chi connectivity index (χ3v) is 5.84. The normalized spacial score (nSPS) is 12.0. The molecule has 0 fully saturated rings. The Hall–Kier alpha value is -3.21. The van der Waals surface area contributed by atoms with Gasteiger partial charge in [0.2, 0.25) is 0 Å². The first-order valence-corrected chi connectivity index (χ1v) is 10.6. The van der Waals surface area contributed by atoms with E-state index >= 15 is 0 Å². The van der Waals surface area contributed by atoms with Gasteiger partial charge >= 0.3 is 5.97 Å². The molecule has 1 atom stereocenters. The van der Waals surface area contributed by atoms with Crippen LogP contribution >= 0.6 is 0 Å². The van der Waals surface area contributed by atoms with Gasteiger partial charge in [-0.15, -0.1) is 0 Å². The summed E-state index contributed by atoms with van der Waals surface area (Å²) in [5.41, 5.74) is 3.18. The third kappa shape index (κ3) is 4.93. The van der Waals surface area contributed by atoms with Crippen LogP contribution in [0, 0.1) is 6.92 Å². The van der Waals surface area contributed by atoms with E-state index in [0.29, 0.717) is 6.42 Å². The molecule has 1 unspecified atom stereocenters. The van der Waals surface area contributed by atoms with Crippen molar-refractivity contribution in [3.8, 4) is 17.2 Å². The zero-order valence-corrected chi connectivity index (χ0v) is 18.4. The van der Waals surface area contributed by atoms with Crippen molar-refractivity contribution >= 4 is 16.7 Å². The lowest BCUT2D eigenvalue weighted by molar-refractivity contribution is -0.137. The summed E-state index contributed by atoms with van der Waals surface area (Å²) in [5, 5.41) is 20.7. The van der Waals surface area contributed by atoms with Gasteiger partial charge in [0.05, 0.1) is 14.2 Å². The lowest BCUT2D eigenvalue weighted by atomic mass is 9.82. The zero-order valence-electron chi connectivity index (χ0n) is 18.4. The van der Waals surface area contributed by atoms with Gasteiger partial charge in [0.1, 0.15) is 17.2 Å². The number of aromatic hydroxyl groups is 1. The van der Waals surface area contributed by atoms with Gasteiger partial charge in [-0.1, -0.05) is 49.2 Å². The molecule has 5 nitrogen and oxygen atoms in total. The molecule has 0 saturated carbocycles. The summed E-state index contributed by atoms with van der Waals surface area (Å²) in [6.07, 6.45) is 3.41. The SMILES string of the molecule is COc1c(C)c(C(CCCCCC(=O)O)c2ccc(O)cc2)c(OC)c2ccccc12. The minimum absolute atomic E-state index is 0.0267. The summed E-state index contributed by atoms with van der Waals surface area (Å²) in [4.78, 5) is 10.8. The third-order valence-electron chi connectivity index (χ3n) is 5.84. The first-order chi connectivity index (χ1) is 15.0. The number of benzene rings is 3. The molecular weight excluding hydrogens is 392 g/mol. The van der Waals surface area contributed by atoms with Gasteiger partial charge in [-0.2, -0.15) is 0 Å². The van der Waals surface area contributed by atoms with Crippen molar-refractivity contribution in [2.75, 3.05) is 14.2 Å². The highest BCUT2D eigenvalue weighted by Crippen LogP contribution is 2.46. The Balaban J connectivity index is 2.10. The molecule has 0 amide bonds. The highest BCUT2D eigenvalue weighted by atomic mass is 16.5. The fourth-order valence-corrected chi connectivity index (χ4v) is 4.41. The predicted octanol–water partition coefficient (Wildman–Crippen LogP) is 6.04. The van der Waals surface area contributed by atoms with Gasteiger partial charge in [0, 0.05) is 28.7 Å². The summed E-state index contributed by atoms with van der Waals surface area (Å²) in [6, 6.07) is 15.3. The first kappa shape index (κ1) is 22.5. The van der Waals surface area contributed by atoms with Crippen LogP contribution in [0.2, 0.25) is 0 Å². The van der Waals surface area contributed by atoms with Gasteiger partial charge in [0.25, 0.3) is 0 Å². The second-order valence-corrected chi connectivity index (χ2v) is 7.79. The summed E-state index contributed by atoms with van der Waals surface area (Å²) >= 11 is 0. The van der Waals surface area contributed by atoms with Crippen LogP contribution in [0.25, 0.3) is 10.8 Å². The van der Waals surface area contributed by atoms with Crippen molar-refractivity contribution in [1.82, 2.24) is 0 Å². The Morgan fingerprint density at radius 2 is 1.52 bits per heavy atom. The monoisotopic (exact) mass is 422 g/mol. The molecule has 0 aromatic heterocycles. The van der Waals surface area contributed by atoms with Crippen molar-refractivity contribution in [1.29, 1.82) is 0 Å². The van der Waals surface area contributed by atoms with Crippen molar-refractivity contribution in [2.45, 2.75) is 44.9 Å². The Labute approximate surface area is 183 Å². The van der Waals surface area contributed by atoms with Gasteiger partial charge in [-0.05, 0) is 43.0 Å². The first-order valence-electron chi connectivity index (χ1n) is 10.6. The molecule has 5 heteroatoms. The maximum absolute atomic E-state index is 10.8. The largest absolute Gasteiger partial charge is 0.508 e. The van der Waals surface area contributed by atoms with Gasteiger partial charge in [-0.25, -0.2) is 0 Å². The molecule has 0 radical (unpaired) electrons. The number of phenols is 1. The number of hydrogen-bond acceptors (Lipinski definition) is 4. The second-order valence-electron chi connectivity index (χ2n) is 7.79. The molecule has 0 heterocycles. The van der Waals surface area contributed by atoms with Crippen LogP contribution in [0.3, 0.4) is 0 Å². The van der Waals surface area contributed by atoms with Crippen LogP contribution in [0.1, 0.15) is 54.7 Å². The number of phenolic OH excluding ortho intramolecular Hbond substituents is 1. The number of carboxylic acid groups (broad SMARTS) is 1. The number of ether oxygens (including phenoxy) is 2. The predicted molar refractivity (Wildman–Crippen MR) is 122 cm³/mol. The van der Waals surface area contributed by atoms with Crippen LogP contribution in [0.15, 0.2) is 48.5 Å². The molecule has 0 saturated heterocycles. The summed E-state index contributed by atoms with van der Waals surface area (Å²) in [7, 11) is 3.38. The number of fused-ring (bicyclic) bond motifs is 1. The quantitative estimate of drug-likeness (QED) is 0.390. The molecule has 164 valence electrons. The highest BCUT2D eigenvalue weighted by Gasteiger charge is 2.25. The average Bonchev–Trinajstić information content (AvgIpc) is 2.76. The standard InChI is InChI=1S/C26H30O5/c1-17-24(26(31-3)22-11-8-7-10-21(22)25(17)30-2)20(9-5-4-6-12-23(28)29)18-13-15-19(27)16-14-18/h7-8,10-11,13-16,20,27H,4-6,9,12H2,1-3H3,(H,28,29). The van der Waals surface area contributed by atoms with E-state index in [0.717, 1.165) is 58.2 Å². The number of aliphatic carboxylic acids is 1. The highest BCUT2D eigenvalue weighted by molar-refractivity contribution is 5.96. The number of carboxylic acids is 1. The Morgan fingerprint density at radius 1 is 0.903 bits per heavy atom.